The van der Waals surface area contributed by atoms with E-state index in [1.165, 1.54) is 12.1 Å². The molecule has 0 amide bonds. The van der Waals surface area contributed by atoms with Gasteiger partial charge in [-0.1, -0.05) is 6.92 Å². The Hall–Kier alpha value is -1.17. The Morgan fingerprint density at radius 2 is 2.36 bits per heavy atom. The number of ether oxygens (including phenoxy) is 1. The second kappa shape index (κ2) is 4.90. The molecular weight excluding hydrogens is 252 g/mol. The quantitative estimate of drug-likeness (QED) is 0.474. The second-order valence-electron chi connectivity index (χ2n) is 2.56. The molecule has 5 nitrogen and oxygen atoms in total. The lowest BCUT2D eigenvalue weighted by atomic mass is 10.4. The molecule has 0 aliphatic rings. The Balaban J connectivity index is 2.84. The fourth-order valence-electron chi connectivity index (χ4n) is 0.833. The summed E-state index contributed by atoms with van der Waals surface area (Å²) in [6.07, 6.45) is 0.878. The van der Waals surface area contributed by atoms with Crippen molar-refractivity contribution in [3.8, 4) is 5.75 Å². The van der Waals surface area contributed by atoms with Crippen LogP contribution in [0.25, 0.3) is 0 Å². The van der Waals surface area contributed by atoms with Crippen LogP contribution in [0.4, 0.5) is 5.82 Å². The van der Waals surface area contributed by atoms with Crippen LogP contribution in [0.1, 0.15) is 13.3 Å². The topological polar surface area (TPSA) is 65.3 Å². The molecule has 1 rings (SSSR count). The normalized spacial score (nSPS) is 9.86. The predicted molar refractivity (Wildman–Crippen MR) is 54.4 cm³/mol. The molecule has 0 spiro atoms. The maximum atomic E-state index is 10.4. The lowest BCUT2D eigenvalue weighted by molar-refractivity contribution is -0.389. The van der Waals surface area contributed by atoms with Crippen molar-refractivity contribution < 1.29 is 9.66 Å². The second-order valence-corrected chi connectivity index (χ2v) is 3.32. The van der Waals surface area contributed by atoms with Crippen molar-refractivity contribution >= 4 is 21.7 Å². The molecule has 0 aliphatic heterocycles. The third-order valence-corrected chi connectivity index (χ3v) is 2.02. The zero-order chi connectivity index (χ0) is 10.6. The molecule has 0 fully saturated rings. The van der Waals surface area contributed by atoms with Gasteiger partial charge in [-0.15, -0.1) is 0 Å². The van der Waals surface area contributed by atoms with E-state index in [1.807, 2.05) is 6.92 Å². The summed E-state index contributed by atoms with van der Waals surface area (Å²) in [5.41, 5.74) is 0. The van der Waals surface area contributed by atoms with Gasteiger partial charge in [0.05, 0.1) is 6.61 Å². The zero-order valence-electron chi connectivity index (χ0n) is 7.57. The zero-order valence-corrected chi connectivity index (χ0v) is 9.15. The van der Waals surface area contributed by atoms with Gasteiger partial charge in [-0.05, 0) is 22.4 Å². The first-order valence-electron chi connectivity index (χ1n) is 4.09. The number of nitrogens with zero attached hydrogens (tertiary/aromatic N) is 2. The smallest absolute Gasteiger partial charge is 0.364 e. The molecule has 0 saturated carbocycles. The number of nitro groups is 1. The first-order chi connectivity index (χ1) is 6.65. The van der Waals surface area contributed by atoms with Crippen molar-refractivity contribution in [3.05, 3.63) is 26.9 Å². The Labute approximate surface area is 89.4 Å². The van der Waals surface area contributed by atoms with E-state index in [0.717, 1.165) is 6.42 Å². The summed E-state index contributed by atoms with van der Waals surface area (Å²) in [6, 6.07) is 2.85. The van der Waals surface area contributed by atoms with Crippen LogP contribution in [0.15, 0.2) is 16.7 Å². The van der Waals surface area contributed by atoms with Crippen molar-refractivity contribution in [1.82, 2.24) is 4.98 Å². The number of pyridine rings is 1. The molecule has 0 saturated heterocycles. The van der Waals surface area contributed by atoms with Crippen molar-refractivity contribution in [3.63, 3.8) is 0 Å². The van der Waals surface area contributed by atoms with Crippen molar-refractivity contribution in [1.29, 1.82) is 0 Å². The minimum absolute atomic E-state index is 0.194. The van der Waals surface area contributed by atoms with Gasteiger partial charge in [0.15, 0.2) is 5.75 Å². The summed E-state index contributed by atoms with van der Waals surface area (Å²) in [5, 5.41) is 10.4. The van der Waals surface area contributed by atoms with Gasteiger partial charge in [-0.25, -0.2) is 0 Å². The fourth-order valence-corrected chi connectivity index (χ4v) is 1.26. The molecule has 14 heavy (non-hydrogen) atoms. The van der Waals surface area contributed by atoms with Gasteiger partial charge in [-0.2, -0.15) is 0 Å². The number of rotatable bonds is 4. The summed E-state index contributed by atoms with van der Waals surface area (Å²) >= 11 is 3.11. The molecule has 1 aromatic heterocycles. The summed E-state index contributed by atoms with van der Waals surface area (Å²) in [4.78, 5) is 13.5. The highest BCUT2D eigenvalue weighted by molar-refractivity contribution is 9.10. The molecule has 0 bridgehead atoms. The predicted octanol–water partition coefficient (Wildman–Crippen LogP) is 2.54. The fraction of sp³-hybridized carbons (Fsp3) is 0.375. The lowest BCUT2D eigenvalue weighted by Crippen LogP contribution is -1.98. The maximum absolute atomic E-state index is 10.4. The van der Waals surface area contributed by atoms with E-state index < -0.39 is 4.92 Å². The van der Waals surface area contributed by atoms with Gasteiger partial charge >= 0.3 is 5.82 Å². The van der Waals surface area contributed by atoms with Crippen LogP contribution in [0.5, 0.6) is 5.75 Å². The Morgan fingerprint density at radius 1 is 1.64 bits per heavy atom. The molecular formula is C8H9BrN2O3. The highest BCUT2D eigenvalue weighted by Gasteiger charge is 2.13. The molecule has 76 valence electrons. The van der Waals surface area contributed by atoms with Gasteiger partial charge in [0.1, 0.15) is 0 Å². The average molecular weight is 261 g/mol. The van der Waals surface area contributed by atoms with Crippen LogP contribution < -0.4 is 4.74 Å². The molecule has 0 aliphatic carbocycles. The highest BCUT2D eigenvalue weighted by atomic mass is 79.9. The SMILES string of the molecule is CCCOc1ccc([N+](=O)[O-])nc1Br. The van der Waals surface area contributed by atoms with E-state index in [9.17, 15) is 10.1 Å². The summed E-state index contributed by atoms with van der Waals surface area (Å²) in [5.74, 6) is 0.332. The van der Waals surface area contributed by atoms with Crippen molar-refractivity contribution in [2.24, 2.45) is 0 Å². The summed E-state index contributed by atoms with van der Waals surface area (Å²) in [7, 11) is 0. The van der Waals surface area contributed by atoms with E-state index in [2.05, 4.69) is 20.9 Å². The average Bonchev–Trinajstić information content (AvgIpc) is 2.15. The molecule has 1 aromatic rings. The molecule has 0 atom stereocenters. The van der Waals surface area contributed by atoms with Crippen LogP contribution in [0.3, 0.4) is 0 Å². The van der Waals surface area contributed by atoms with Crippen LogP contribution >= 0.6 is 15.9 Å². The number of halogens is 1. The largest absolute Gasteiger partial charge is 0.488 e. The Kier molecular flexibility index (Phi) is 3.82. The summed E-state index contributed by atoms with van der Waals surface area (Å²) < 4.78 is 5.65. The maximum Gasteiger partial charge on any atom is 0.364 e. The summed E-state index contributed by atoms with van der Waals surface area (Å²) in [6.45, 7) is 2.55. The van der Waals surface area contributed by atoms with Gasteiger partial charge in [-0.3, -0.25) is 0 Å². The Bertz CT molecular complexity index is 343. The van der Waals surface area contributed by atoms with E-state index in [4.69, 9.17) is 4.74 Å². The number of hydrogen-bond acceptors (Lipinski definition) is 4. The molecule has 0 N–H and O–H groups in total. The lowest BCUT2D eigenvalue weighted by Gasteiger charge is -2.02. The molecule has 6 heteroatoms. The van der Waals surface area contributed by atoms with Gasteiger partial charge in [0, 0.05) is 22.0 Å². The minimum Gasteiger partial charge on any atom is -0.488 e. The number of hydrogen-bond donors (Lipinski definition) is 0. The van der Waals surface area contributed by atoms with Crippen molar-refractivity contribution in [2.45, 2.75) is 13.3 Å². The van der Waals surface area contributed by atoms with Gasteiger partial charge in [0.2, 0.25) is 0 Å². The highest BCUT2D eigenvalue weighted by Crippen LogP contribution is 2.25. The van der Waals surface area contributed by atoms with Gasteiger partial charge < -0.3 is 14.9 Å². The van der Waals surface area contributed by atoms with E-state index in [-0.39, 0.29) is 5.82 Å². The van der Waals surface area contributed by atoms with Crippen molar-refractivity contribution in [2.75, 3.05) is 6.61 Å². The van der Waals surface area contributed by atoms with Crippen LogP contribution in [-0.2, 0) is 0 Å². The van der Waals surface area contributed by atoms with E-state index in [1.54, 1.807) is 0 Å². The van der Waals surface area contributed by atoms with E-state index in [0.29, 0.717) is 17.0 Å². The Morgan fingerprint density at radius 3 is 2.86 bits per heavy atom. The molecule has 0 aromatic carbocycles. The van der Waals surface area contributed by atoms with Crippen LogP contribution in [0.2, 0.25) is 0 Å². The van der Waals surface area contributed by atoms with Crippen LogP contribution in [-0.4, -0.2) is 16.5 Å². The number of aromatic nitrogens is 1. The molecule has 1 heterocycles. The van der Waals surface area contributed by atoms with Crippen LogP contribution in [0, 0.1) is 10.1 Å². The third-order valence-electron chi connectivity index (χ3n) is 1.45. The first kappa shape index (κ1) is 10.9. The standard InChI is InChI=1S/C8H9BrN2O3/c1-2-5-14-6-3-4-7(11(12)13)10-8(6)9/h3-4H,2,5H2,1H3. The molecule has 0 unspecified atom stereocenters. The third kappa shape index (κ3) is 2.66. The van der Waals surface area contributed by atoms with E-state index >= 15 is 0 Å². The minimum atomic E-state index is -0.547. The first-order valence-corrected chi connectivity index (χ1v) is 4.88. The van der Waals surface area contributed by atoms with Gasteiger partial charge in [0.25, 0.3) is 4.60 Å². The monoisotopic (exact) mass is 260 g/mol. The molecule has 0 radical (unpaired) electrons.